The number of phenolic OH excluding ortho intramolecular Hbond substituents is 3. The second-order valence-corrected chi connectivity index (χ2v) is 11.1. The summed E-state index contributed by atoms with van der Waals surface area (Å²) in [6.07, 6.45) is 9.21. The number of carbonyl (C=O) groups excluding carboxylic acids is 5. The smallest absolute Gasteiger partial charge is 0.330 e. The number of methoxy groups -OCH3 is 3. The first kappa shape index (κ1) is 53.9. The van der Waals surface area contributed by atoms with Gasteiger partial charge in [-0.25, -0.2) is 20.2 Å². The Kier molecular flexibility index (Phi) is 30.8. The van der Waals surface area contributed by atoms with E-state index in [0.717, 1.165) is 10.5 Å². The number of nitrogens with two attached hydrogens (primary N) is 3. The first-order valence-corrected chi connectivity index (χ1v) is 16.2. The van der Waals surface area contributed by atoms with Crippen LogP contribution in [0.3, 0.4) is 0 Å². The molecule has 0 heterocycles. The van der Waals surface area contributed by atoms with Crippen LogP contribution in [0.1, 0.15) is 44.8 Å². The van der Waals surface area contributed by atoms with Gasteiger partial charge in [-0.15, -0.1) is 0 Å². The lowest BCUT2D eigenvalue weighted by Crippen LogP contribution is -2.34. The van der Waals surface area contributed by atoms with E-state index in [-0.39, 0.29) is 40.5 Å². The van der Waals surface area contributed by atoms with Crippen molar-refractivity contribution in [1.29, 1.82) is 0 Å². The zero-order chi connectivity index (χ0) is 42.3. The minimum absolute atomic E-state index is 0. The van der Waals surface area contributed by atoms with E-state index in [2.05, 4.69) is 77.5 Å². The van der Waals surface area contributed by atoms with E-state index < -0.39 is 17.9 Å². The van der Waals surface area contributed by atoms with E-state index in [4.69, 9.17) is 16.6 Å². The van der Waals surface area contributed by atoms with Crippen molar-refractivity contribution in [3.63, 3.8) is 0 Å². The number of thiocarbonyl (C=S) groups is 2. The second kappa shape index (κ2) is 32.0. The molecular weight excluding hydrogens is 836 g/mol. The topological polar surface area (TPSA) is 288 Å². The Balaban J connectivity index is -0.000000676. The fourth-order valence-corrected chi connectivity index (χ4v) is 3.32. The monoisotopic (exact) mass is 878 g/mol. The summed E-state index contributed by atoms with van der Waals surface area (Å²) in [7, 11) is 3.88. The molecular formula is C36H43BrN6O11S2. The second-order valence-electron chi connectivity index (χ2n) is 9.26. The van der Waals surface area contributed by atoms with Crippen LogP contribution in [0.25, 0.3) is 12.2 Å². The minimum atomic E-state index is -0.476. The number of nitrogens with one attached hydrogen (secondary N) is 2. The molecule has 0 aliphatic rings. The maximum atomic E-state index is 11.0. The molecule has 17 nitrogen and oxygen atoms in total. The molecule has 0 saturated heterocycles. The number of halogens is 1. The number of carbonyl (C=O) groups is 5. The van der Waals surface area contributed by atoms with Crippen LogP contribution in [0.2, 0.25) is 0 Å². The van der Waals surface area contributed by atoms with Crippen LogP contribution in [0.15, 0.2) is 89.0 Å². The summed E-state index contributed by atoms with van der Waals surface area (Å²) in [5.41, 5.74) is 16.7. The number of hydrazine groups is 1. The van der Waals surface area contributed by atoms with E-state index >= 15 is 0 Å². The predicted octanol–water partition coefficient (Wildman–Crippen LogP) is 3.78. The Morgan fingerprint density at radius 3 is 1.46 bits per heavy atom. The van der Waals surface area contributed by atoms with Crippen LogP contribution in [0.4, 0.5) is 0 Å². The number of rotatable bonds is 9. The number of aldehydes is 2. The molecule has 56 heavy (non-hydrogen) atoms. The molecule has 20 heteroatoms. The van der Waals surface area contributed by atoms with E-state index in [1.807, 2.05) is 5.43 Å². The summed E-state index contributed by atoms with van der Waals surface area (Å²) >= 11 is 12.0. The van der Waals surface area contributed by atoms with Gasteiger partial charge in [-0.2, -0.15) is 5.10 Å². The number of benzene rings is 3. The standard InChI is InChI=1S/C12H13N3O3S.C11H10O4.C7H5BrO2.C4H6O2.CH5N3S.CH4/c1-18-11(17)5-3-8-2-4-10(16)9(6-8)7-14-15-12(13)19;1-15-11(14)5-3-8-2-4-10(13)9(6-8)7-12;8-6-1-2-7(10)5(3-6)4-9;1-3-4(5)6-2;2-1(5)4-3;/h2-7,16H,1H3,(H3,13,15,19);2-7,13H,1H3;1-4,10H;3H,1H2,2H3;3H2,(H3,2,4,5);1H4/b5-3+,14-7+;5-3+;;;;. The first-order valence-electron chi connectivity index (χ1n) is 14.6. The Bertz CT molecular complexity index is 1870. The zero-order valence-corrected chi connectivity index (χ0v) is 32.7. The summed E-state index contributed by atoms with van der Waals surface area (Å²) in [5.74, 6) is 3.30. The van der Waals surface area contributed by atoms with Crippen LogP contribution in [0, 0.1) is 0 Å². The number of ether oxygens (including phenoxy) is 3. The van der Waals surface area contributed by atoms with Gasteiger partial charge in [0.25, 0.3) is 0 Å². The third-order valence-electron chi connectivity index (χ3n) is 5.46. The van der Waals surface area contributed by atoms with Crippen LogP contribution < -0.4 is 28.2 Å². The number of aromatic hydroxyl groups is 3. The molecule has 0 aliphatic carbocycles. The number of phenols is 3. The molecule has 0 aromatic heterocycles. The van der Waals surface area contributed by atoms with Gasteiger partial charge in [0.15, 0.2) is 22.8 Å². The average molecular weight is 880 g/mol. The van der Waals surface area contributed by atoms with Gasteiger partial charge in [0.1, 0.15) is 17.2 Å². The normalized spacial score (nSPS) is 9.38. The lowest BCUT2D eigenvalue weighted by molar-refractivity contribution is -0.135. The van der Waals surface area contributed by atoms with E-state index in [1.54, 1.807) is 36.4 Å². The van der Waals surface area contributed by atoms with Gasteiger partial charge in [0.2, 0.25) is 0 Å². The lowest BCUT2D eigenvalue weighted by atomic mass is 10.1. The highest BCUT2D eigenvalue weighted by atomic mass is 79.9. The highest BCUT2D eigenvalue weighted by molar-refractivity contribution is 9.10. The molecule has 3 rings (SSSR count). The third-order valence-corrected chi connectivity index (χ3v) is 6.16. The molecule has 3 aromatic carbocycles. The van der Waals surface area contributed by atoms with Crippen molar-refractivity contribution < 1.29 is 53.5 Å². The van der Waals surface area contributed by atoms with Crippen molar-refractivity contribution in [2.24, 2.45) is 22.4 Å². The number of nitrogens with zero attached hydrogens (tertiary/aromatic N) is 1. The molecule has 0 atom stereocenters. The Hall–Kier alpha value is -6.48. The van der Waals surface area contributed by atoms with Crippen molar-refractivity contribution in [2.75, 3.05) is 21.3 Å². The predicted molar refractivity (Wildman–Crippen MR) is 225 cm³/mol. The van der Waals surface area contributed by atoms with Crippen LogP contribution in [-0.4, -0.2) is 83.6 Å². The highest BCUT2D eigenvalue weighted by Gasteiger charge is 2.01. The molecule has 0 saturated carbocycles. The van der Waals surface area contributed by atoms with E-state index in [1.165, 1.54) is 70.0 Å². The van der Waals surface area contributed by atoms with E-state index in [9.17, 15) is 34.2 Å². The largest absolute Gasteiger partial charge is 0.507 e. The number of hydrogen-bond acceptors (Lipinski definition) is 15. The van der Waals surface area contributed by atoms with Gasteiger partial charge < -0.3 is 46.4 Å². The van der Waals surface area contributed by atoms with Gasteiger partial charge in [-0.1, -0.05) is 42.1 Å². The molecule has 302 valence electrons. The zero-order valence-electron chi connectivity index (χ0n) is 29.5. The van der Waals surface area contributed by atoms with Crippen LogP contribution in [0.5, 0.6) is 17.2 Å². The molecule has 0 fully saturated rings. The average Bonchev–Trinajstić information content (AvgIpc) is 3.18. The molecule has 0 aliphatic heterocycles. The highest BCUT2D eigenvalue weighted by Crippen LogP contribution is 2.20. The van der Waals surface area contributed by atoms with Gasteiger partial charge in [0.05, 0.1) is 38.7 Å². The first-order chi connectivity index (χ1) is 26.0. The van der Waals surface area contributed by atoms with E-state index in [0.29, 0.717) is 34.8 Å². The number of hydrazone groups is 1. The summed E-state index contributed by atoms with van der Waals surface area (Å²) in [6.45, 7) is 3.16. The molecule has 3 aromatic rings. The van der Waals surface area contributed by atoms with Gasteiger partial charge in [-0.3, -0.25) is 15.0 Å². The van der Waals surface area contributed by atoms with Crippen molar-refractivity contribution in [2.45, 2.75) is 7.43 Å². The quantitative estimate of drug-likeness (QED) is 0.0222. The summed E-state index contributed by atoms with van der Waals surface area (Å²) in [4.78, 5) is 52.3. The Labute approximate surface area is 342 Å². The SMILES string of the molecule is C.C=CC(=O)OC.COC(=O)/C=C/c1ccc(O)c(/C=N/NC(N)=S)c1.COC(=O)/C=C/c1ccc(O)c(C=O)c1.NNC(N)=S.O=Cc1cc(Br)ccc1O. The number of esters is 3. The molecule has 0 bridgehead atoms. The van der Waals surface area contributed by atoms with Gasteiger partial charge >= 0.3 is 17.9 Å². The van der Waals surface area contributed by atoms with Crippen molar-refractivity contribution in [3.05, 3.63) is 112 Å². The van der Waals surface area contributed by atoms with Crippen LogP contribution in [-0.2, 0) is 28.6 Å². The molecule has 0 unspecified atom stereocenters. The molecule has 0 spiro atoms. The third kappa shape index (κ3) is 26.3. The summed E-state index contributed by atoms with van der Waals surface area (Å²) in [6, 6.07) is 13.9. The van der Waals surface area contributed by atoms with Crippen molar-refractivity contribution >= 4 is 99.4 Å². The minimum Gasteiger partial charge on any atom is -0.507 e. The maximum absolute atomic E-state index is 11.0. The molecule has 11 N–H and O–H groups in total. The van der Waals surface area contributed by atoms with Crippen molar-refractivity contribution in [1.82, 2.24) is 10.9 Å². The fraction of sp³-hybridized carbons (Fsp3) is 0.111. The Morgan fingerprint density at radius 1 is 0.732 bits per heavy atom. The summed E-state index contributed by atoms with van der Waals surface area (Å²) in [5, 5.41) is 31.7. The van der Waals surface area contributed by atoms with Crippen molar-refractivity contribution in [3.8, 4) is 17.2 Å². The van der Waals surface area contributed by atoms with Gasteiger partial charge in [-0.05, 0) is 90.2 Å². The molecule has 0 amide bonds. The molecule has 0 radical (unpaired) electrons. The van der Waals surface area contributed by atoms with Gasteiger partial charge in [0, 0.05) is 28.3 Å². The fourth-order valence-electron chi connectivity index (χ4n) is 2.88. The van der Waals surface area contributed by atoms with Crippen LogP contribution >= 0.6 is 40.4 Å². The Morgan fingerprint density at radius 2 is 1.12 bits per heavy atom. The lowest BCUT2D eigenvalue weighted by Gasteiger charge is -2.01. The number of hydrogen-bond donors (Lipinski definition) is 8. The summed E-state index contributed by atoms with van der Waals surface area (Å²) < 4.78 is 13.8. The maximum Gasteiger partial charge on any atom is 0.330 e.